The van der Waals surface area contributed by atoms with E-state index in [0.29, 0.717) is 24.0 Å². The van der Waals surface area contributed by atoms with E-state index in [2.05, 4.69) is 5.32 Å². The lowest BCUT2D eigenvalue weighted by molar-refractivity contribution is 0.125. The maximum Gasteiger partial charge on any atom is 0.137 e. The molecular formula is C11H14ClNO3. The summed E-state index contributed by atoms with van der Waals surface area (Å²) in [5.41, 5.74) is 0.848. The lowest BCUT2D eigenvalue weighted by Crippen LogP contribution is -2.31. The number of ether oxygens (including phenoxy) is 2. The molecule has 0 unspecified atom stereocenters. The number of halogens is 1. The molecule has 0 aliphatic carbocycles. The zero-order valence-electron chi connectivity index (χ0n) is 8.94. The molecule has 0 saturated carbocycles. The van der Waals surface area contributed by atoms with Crippen LogP contribution in [0.1, 0.15) is 0 Å². The summed E-state index contributed by atoms with van der Waals surface area (Å²) in [6.45, 7) is 0.881. The molecule has 0 spiro atoms. The van der Waals surface area contributed by atoms with Crippen LogP contribution in [0.3, 0.4) is 0 Å². The number of nitrogens with one attached hydrogen (secondary N) is 1. The van der Waals surface area contributed by atoms with Crippen LogP contribution in [0.5, 0.6) is 5.75 Å². The zero-order chi connectivity index (χ0) is 11.5. The highest BCUT2D eigenvalue weighted by molar-refractivity contribution is 6.32. The van der Waals surface area contributed by atoms with Gasteiger partial charge in [-0.05, 0) is 18.2 Å². The summed E-state index contributed by atoms with van der Waals surface area (Å²) >= 11 is 5.99. The zero-order valence-corrected chi connectivity index (χ0v) is 9.70. The lowest BCUT2D eigenvalue weighted by Gasteiger charge is -2.16. The van der Waals surface area contributed by atoms with Gasteiger partial charge in [-0.15, -0.1) is 0 Å². The number of methoxy groups -OCH3 is 1. The molecule has 1 aliphatic rings. The molecule has 0 bridgehead atoms. The Morgan fingerprint density at radius 3 is 2.88 bits per heavy atom. The molecule has 1 aliphatic heterocycles. The lowest BCUT2D eigenvalue weighted by atomic mass is 10.2. The predicted octanol–water partition coefficient (Wildman–Crippen LogP) is 1.52. The monoisotopic (exact) mass is 243 g/mol. The molecule has 0 aromatic heterocycles. The van der Waals surface area contributed by atoms with Crippen LogP contribution in [-0.4, -0.2) is 37.6 Å². The maximum absolute atomic E-state index is 9.58. The molecule has 5 heteroatoms. The largest absolute Gasteiger partial charge is 0.495 e. The van der Waals surface area contributed by atoms with Crippen LogP contribution in [0.25, 0.3) is 0 Å². The van der Waals surface area contributed by atoms with Crippen molar-refractivity contribution in [3.8, 4) is 5.75 Å². The first-order valence-electron chi connectivity index (χ1n) is 5.06. The van der Waals surface area contributed by atoms with Crippen molar-refractivity contribution < 1.29 is 14.6 Å². The molecule has 1 heterocycles. The van der Waals surface area contributed by atoms with Gasteiger partial charge in [0.15, 0.2) is 0 Å². The van der Waals surface area contributed by atoms with Gasteiger partial charge >= 0.3 is 0 Å². The molecule has 88 valence electrons. The van der Waals surface area contributed by atoms with Crippen LogP contribution < -0.4 is 10.1 Å². The fourth-order valence-electron chi connectivity index (χ4n) is 1.65. The fourth-order valence-corrected chi connectivity index (χ4v) is 1.91. The van der Waals surface area contributed by atoms with Crippen molar-refractivity contribution in [2.75, 3.05) is 25.6 Å². The van der Waals surface area contributed by atoms with Crippen LogP contribution in [0, 0.1) is 0 Å². The number of hydrogen-bond donors (Lipinski definition) is 2. The quantitative estimate of drug-likeness (QED) is 0.845. The molecule has 1 aromatic carbocycles. The first-order valence-corrected chi connectivity index (χ1v) is 5.44. The van der Waals surface area contributed by atoms with Gasteiger partial charge in [0.1, 0.15) is 5.75 Å². The smallest absolute Gasteiger partial charge is 0.137 e. The van der Waals surface area contributed by atoms with Crippen molar-refractivity contribution >= 4 is 17.3 Å². The first-order chi connectivity index (χ1) is 7.70. The van der Waals surface area contributed by atoms with E-state index in [4.69, 9.17) is 21.1 Å². The normalized spacial score (nSPS) is 24.4. The minimum absolute atomic E-state index is 0.0792. The SMILES string of the molecule is COc1ccc(N[C@H]2COC[C@@H]2O)cc1Cl. The van der Waals surface area contributed by atoms with E-state index >= 15 is 0 Å². The highest BCUT2D eigenvalue weighted by Crippen LogP contribution is 2.28. The third-order valence-corrected chi connectivity index (χ3v) is 2.85. The van der Waals surface area contributed by atoms with Gasteiger partial charge in [0.05, 0.1) is 37.5 Å². The molecule has 2 atom stereocenters. The summed E-state index contributed by atoms with van der Waals surface area (Å²) in [6, 6.07) is 5.33. The number of hydrogen-bond acceptors (Lipinski definition) is 4. The minimum Gasteiger partial charge on any atom is -0.495 e. The van der Waals surface area contributed by atoms with E-state index in [0.717, 1.165) is 5.69 Å². The Hall–Kier alpha value is -0.970. The third-order valence-electron chi connectivity index (χ3n) is 2.55. The van der Waals surface area contributed by atoms with E-state index in [1.54, 1.807) is 19.2 Å². The van der Waals surface area contributed by atoms with E-state index in [1.807, 2.05) is 6.07 Å². The number of aliphatic hydroxyl groups is 1. The summed E-state index contributed by atoms with van der Waals surface area (Å²) in [6.07, 6.45) is -0.471. The highest BCUT2D eigenvalue weighted by atomic mass is 35.5. The van der Waals surface area contributed by atoms with Crippen molar-refractivity contribution in [1.29, 1.82) is 0 Å². The summed E-state index contributed by atoms with van der Waals surface area (Å²) in [5, 5.41) is 13.3. The molecule has 4 nitrogen and oxygen atoms in total. The second-order valence-electron chi connectivity index (χ2n) is 3.70. The Kier molecular flexibility index (Phi) is 3.53. The molecule has 1 saturated heterocycles. The van der Waals surface area contributed by atoms with Gasteiger partial charge in [0.25, 0.3) is 0 Å². The Bertz CT molecular complexity index is 372. The van der Waals surface area contributed by atoms with Crippen molar-refractivity contribution in [2.24, 2.45) is 0 Å². The van der Waals surface area contributed by atoms with E-state index in [9.17, 15) is 5.11 Å². The van der Waals surface area contributed by atoms with Gasteiger partial charge in [-0.25, -0.2) is 0 Å². The van der Waals surface area contributed by atoms with Gasteiger partial charge in [-0.3, -0.25) is 0 Å². The Morgan fingerprint density at radius 2 is 2.31 bits per heavy atom. The summed E-state index contributed by atoms with van der Waals surface area (Å²) < 4.78 is 10.2. The van der Waals surface area contributed by atoms with Gasteiger partial charge in [0, 0.05) is 5.69 Å². The van der Waals surface area contributed by atoms with Crippen molar-refractivity contribution in [2.45, 2.75) is 12.1 Å². The highest BCUT2D eigenvalue weighted by Gasteiger charge is 2.25. The number of anilines is 1. The van der Waals surface area contributed by atoms with Crippen LogP contribution in [0.15, 0.2) is 18.2 Å². The van der Waals surface area contributed by atoms with Crippen molar-refractivity contribution in [3.05, 3.63) is 23.2 Å². The average Bonchev–Trinajstić information content (AvgIpc) is 2.65. The van der Waals surface area contributed by atoms with Gasteiger partial charge in [0.2, 0.25) is 0 Å². The van der Waals surface area contributed by atoms with Crippen LogP contribution in [0.2, 0.25) is 5.02 Å². The van der Waals surface area contributed by atoms with Crippen molar-refractivity contribution in [3.63, 3.8) is 0 Å². The molecule has 2 rings (SSSR count). The maximum atomic E-state index is 9.58. The summed E-state index contributed by atoms with van der Waals surface area (Å²) in [4.78, 5) is 0. The second kappa shape index (κ2) is 4.91. The Labute approximate surface area is 99.1 Å². The predicted molar refractivity (Wildman–Crippen MR) is 62.2 cm³/mol. The fraction of sp³-hybridized carbons (Fsp3) is 0.455. The molecule has 1 fully saturated rings. The number of aliphatic hydroxyl groups excluding tert-OH is 1. The molecule has 0 radical (unpaired) electrons. The van der Waals surface area contributed by atoms with Crippen molar-refractivity contribution in [1.82, 2.24) is 0 Å². The average molecular weight is 244 g/mol. The van der Waals surface area contributed by atoms with Crippen LogP contribution in [0.4, 0.5) is 5.69 Å². The number of rotatable bonds is 3. The van der Waals surface area contributed by atoms with E-state index in [-0.39, 0.29) is 6.04 Å². The van der Waals surface area contributed by atoms with Gasteiger partial charge < -0.3 is 19.9 Å². The molecule has 16 heavy (non-hydrogen) atoms. The van der Waals surface area contributed by atoms with Crippen LogP contribution >= 0.6 is 11.6 Å². The molecule has 2 N–H and O–H groups in total. The Balaban J connectivity index is 2.07. The minimum atomic E-state index is -0.471. The number of benzene rings is 1. The molecule has 0 amide bonds. The van der Waals surface area contributed by atoms with E-state index < -0.39 is 6.10 Å². The van der Waals surface area contributed by atoms with Gasteiger partial charge in [-0.1, -0.05) is 11.6 Å². The topological polar surface area (TPSA) is 50.7 Å². The van der Waals surface area contributed by atoms with E-state index in [1.165, 1.54) is 0 Å². The van der Waals surface area contributed by atoms with Crippen LogP contribution in [-0.2, 0) is 4.74 Å². The molecule has 1 aromatic rings. The Morgan fingerprint density at radius 1 is 1.50 bits per heavy atom. The summed E-state index contributed by atoms with van der Waals surface area (Å²) in [5.74, 6) is 0.635. The molecular weight excluding hydrogens is 230 g/mol. The standard InChI is InChI=1S/C11H14ClNO3/c1-15-11-3-2-7(4-8(11)12)13-9-5-16-6-10(9)14/h2-4,9-10,13-14H,5-6H2,1H3/t9-,10-/m0/s1. The third kappa shape index (κ3) is 2.40. The second-order valence-corrected chi connectivity index (χ2v) is 4.11. The first kappa shape index (κ1) is 11.5. The summed E-state index contributed by atoms with van der Waals surface area (Å²) in [7, 11) is 1.57. The van der Waals surface area contributed by atoms with Gasteiger partial charge in [-0.2, -0.15) is 0 Å².